The molecule has 0 atom stereocenters. The van der Waals surface area contributed by atoms with Crippen molar-refractivity contribution in [3.05, 3.63) is 59.0 Å². The Bertz CT molecular complexity index is 807. The average Bonchev–Trinajstić information content (AvgIpc) is 2.47. The fourth-order valence-corrected chi connectivity index (χ4v) is 2.57. The fraction of sp³-hybridized carbons (Fsp3) is 0.125. The molecule has 0 N–H and O–H groups in total. The van der Waals surface area contributed by atoms with Crippen molar-refractivity contribution in [2.24, 2.45) is 0 Å². The van der Waals surface area contributed by atoms with Crippen molar-refractivity contribution in [1.82, 2.24) is 9.97 Å². The van der Waals surface area contributed by atoms with E-state index in [2.05, 4.69) is 16.8 Å². The molecule has 0 amide bonds. The van der Waals surface area contributed by atoms with Gasteiger partial charge in [0.25, 0.3) is 0 Å². The van der Waals surface area contributed by atoms with Crippen LogP contribution < -0.4 is 0 Å². The Hall–Kier alpha value is -1.94. The summed E-state index contributed by atoms with van der Waals surface area (Å²) in [6.45, 7) is 2.08. The number of rotatable bonds is 3. The van der Waals surface area contributed by atoms with Crippen molar-refractivity contribution in [2.75, 3.05) is 0 Å². The second kappa shape index (κ2) is 5.82. The maximum absolute atomic E-state index is 13.5. The summed E-state index contributed by atoms with van der Waals surface area (Å²) >= 11 is 6.20. The summed E-state index contributed by atoms with van der Waals surface area (Å²) in [6.07, 6.45) is 0.793. The lowest BCUT2D eigenvalue weighted by molar-refractivity contribution is 0.628. The van der Waals surface area contributed by atoms with Gasteiger partial charge in [0.2, 0.25) is 0 Å². The van der Waals surface area contributed by atoms with Crippen molar-refractivity contribution in [3.63, 3.8) is 0 Å². The first-order valence-corrected chi connectivity index (χ1v) is 7.28. The normalized spacial score (nSPS) is 10.8. The molecule has 0 radical (unpaired) electrons. The summed E-state index contributed by atoms with van der Waals surface area (Å²) < 4.78 is 13.5. The molecule has 104 valence electrons. The second-order valence-electron chi connectivity index (χ2n) is 4.89. The van der Waals surface area contributed by atoms with Gasteiger partial charge in [-0.2, -0.15) is 0 Å². The van der Waals surface area contributed by atoms with Crippen molar-refractivity contribution < 1.29 is 4.39 Å². The first-order chi connectivity index (χ1) is 10.2. The van der Waals surface area contributed by atoms with E-state index >= 15 is 0 Å². The maximum Gasteiger partial charge on any atom is 0.124 e. The number of hydrogen-bond donors (Lipinski definition) is 0. The molecule has 0 aliphatic heterocycles. The lowest BCUT2D eigenvalue weighted by Crippen LogP contribution is -2.02. The number of halogens is 2. The van der Waals surface area contributed by atoms with E-state index in [-0.39, 0.29) is 5.82 Å². The monoisotopic (exact) mass is 298 g/mol. The van der Waals surface area contributed by atoms with E-state index in [0.717, 1.165) is 30.4 Å². The number of para-hydroxylation sites is 1. The molecule has 5 heteroatoms. The van der Waals surface area contributed by atoms with Crippen LogP contribution in [-0.4, -0.2) is 17.2 Å². The first-order valence-electron chi connectivity index (χ1n) is 6.90. The van der Waals surface area contributed by atoms with Crippen LogP contribution in [0.4, 0.5) is 4.39 Å². The first kappa shape index (κ1) is 14.0. The molecule has 0 fully saturated rings. The Kier molecular flexibility index (Phi) is 3.89. The standard InChI is InChI=1S/C16H13BClFN2/c1-17-9-14-15(10-4-2-5-11(19)8-10)21-16-12(18)6-3-7-13(16)20-14/h2-8,17H,9H2,1H3. The van der Waals surface area contributed by atoms with Gasteiger partial charge in [-0.1, -0.05) is 36.6 Å². The number of nitrogens with zero attached hydrogens (tertiary/aromatic N) is 2. The number of benzene rings is 2. The molecule has 0 spiro atoms. The van der Waals surface area contributed by atoms with Gasteiger partial charge < -0.3 is 0 Å². The summed E-state index contributed by atoms with van der Waals surface area (Å²) in [5.41, 5.74) is 3.73. The van der Waals surface area contributed by atoms with Crippen LogP contribution in [0.25, 0.3) is 22.3 Å². The van der Waals surface area contributed by atoms with Gasteiger partial charge in [-0.05, 0) is 30.6 Å². The predicted octanol–water partition coefficient (Wildman–Crippen LogP) is 4.07. The SMILES string of the molecule is CBCc1nc2cccc(Cl)c2nc1-c1cccc(F)c1. The van der Waals surface area contributed by atoms with E-state index in [1.54, 1.807) is 12.1 Å². The van der Waals surface area contributed by atoms with E-state index in [1.165, 1.54) is 12.1 Å². The molecule has 0 aliphatic carbocycles. The molecular weight excluding hydrogens is 285 g/mol. The highest BCUT2D eigenvalue weighted by molar-refractivity contribution is 6.35. The molecule has 21 heavy (non-hydrogen) atoms. The van der Waals surface area contributed by atoms with Gasteiger partial charge in [-0.3, -0.25) is 0 Å². The lowest BCUT2D eigenvalue weighted by atomic mass is 9.76. The fourth-order valence-electron chi connectivity index (χ4n) is 2.36. The molecule has 2 nitrogen and oxygen atoms in total. The Morgan fingerprint density at radius 2 is 1.95 bits per heavy atom. The van der Waals surface area contributed by atoms with Gasteiger partial charge in [-0.15, -0.1) is 0 Å². The van der Waals surface area contributed by atoms with Crippen molar-refractivity contribution in [1.29, 1.82) is 0 Å². The van der Waals surface area contributed by atoms with Crippen LogP contribution in [0.3, 0.4) is 0 Å². The smallest absolute Gasteiger partial charge is 0.124 e. The van der Waals surface area contributed by atoms with Gasteiger partial charge in [0.1, 0.15) is 18.6 Å². The zero-order chi connectivity index (χ0) is 14.8. The second-order valence-corrected chi connectivity index (χ2v) is 5.29. The zero-order valence-electron chi connectivity index (χ0n) is 11.6. The Balaban J connectivity index is 2.28. The summed E-state index contributed by atoms with van der Waals surface area (Å²) in [6, 6.07) is 12.0. The molecule has 0 saturated heterocycles. The van der Waals surface area contributed by atoms with Gasteiger partial charge in [0.05, 0.1) is 21.9 Å². The summed E-state index contributed by atoms with van der Waals surface area (Å²) in [5.74, 6) is -0.281. The molecular formula is C16H13BClFN2. The van der Waals surface area contributed by atoms with E-state index in [1.807, 2.05) is 18.2 Å². The highest BCUT2D eigenvalue weighted by Crippen LogP contribution is 2.27. The van der Waals surface area contributed by atoms with Crippen LogP contribution in [0.2, 0.25) is 11.8 Å². The van der Waals surface area contributed by atoms with Crippen molar-refractivity contribution >= 4 is 29.9 Å². The summed E-state index contributed by atoms with van der Waals surface area (Å²) in [5, 5.41) is 0.556. The molecule has 2 aromatic carbocycles. The van der Waals surface area contributed by atoms with Gasteiger partial charge >= 0.3 is 0 Å². The summed E-state index contributed by atoms with van der Waals surface area (Å²) in [4.78, 5) is 9.31. The third-order valence-electron chi connectivity index (χ3n) is 3.30. The van der Waals surface area contributed by atoms with Crippen molar-refractivity contribution in [3.8, 4) is 11.3 Å². The quantitative estimate of drug-likeness (QED) is 0.681. The van der Waals surface area contributed by atoms with E-state index < -0.39 is 0 Å². The Labute approximate surface area is 128 Å². The minimum atomic E-state index is -0.281. The molecule has 0 aliphatic rings. The van der Waals surface area contributed by atoms with Crippen LogP contribution in [0.15, 0.2) is 42.5 Å². The average molecular weight is 299 g/mol. The topological polar surface area (TPSA) is 25.8 Å². The van der Waals surface area contributed by atoms with E-state index in [4.69, 9.17) is 11.6 Å². The molecule has 3 rings (SSSR count). The third kappa shape index (κ3) is 2.76. The molecule has 0 unspecified atom stereocenters. The predicted molar refractivity (Wildman–Crippen MR) is 86.7 cm³/mol. The van der Waals surface area contributed by atoms with Crippen LogP contribution in [0, 0.1) is 5.82 Å². The van der Waals surface area contributed by atoms with Gasteiger partial charge in [-0.25, -0.2) is 14.4 Å². The van der Waals surface area contributed by atoms with E-state index in [9.17, 15) is 4.39 Å². The highest BCUT2D eigenvalue weighted by Gasteiger charge is 2.12. The summed E-state index contributed by atoms with van der Waals surface area (Å²) in [7, 11) is 0.947. The van der Waals surface area contributed by atoms with Crippen LogP contribution in [0.5, 0.6) is 0 Å². The van der Waals surface area contributed by atoms with Gasteiger partial charge in [0.15, 0.2) is 0 Å². The van der Waals surface area contributed by atoms with Crippen molar-refractivity contribution in [2.45, 2.75) is 13.1 Å². The highest BCUT2D eigenvalue weighted by atomic mass is 35.5. The molecule has 0 bridgehead atoms. The number of hydrogen-bond acceptors (Lipinski definition) is 2. The minimum absolute atomic E-state index is 0.281. The Morgan fingerprint density at radius 3 is 2.71 bits per heavy atom. The number of fused-ring (bicyclic) bond motifs is 1. The lowest BCUT2D eigenvalue weighted by Gasteiger charge is -2.10. The molecule has 1 aromatic heterocycles. The Morgan fingerprint density at radius 1 is 1.14 bits per heavy atom. The maximum atomic E-state index is 13.5. The van der Waals surface area contributed by atoms with E-state index in [0.29, 0.717) is 16.2 Å². The minimum Gasteiger partial charge on any atom is -0.250 e. The zero-order valence-corrected chi connectivity index (χ0v) is 12.4. The van der Waals surface area contributed by atoms with Crippen LogP contribution >= 0.6 is 11.6 Å². The van der Waals surface area contributed by atoms with Crippen LogP contribution in [-0.2, 0) is 6.32 Å². The van der Waals surface area contributed by atoms with Crippen LogP contribution in [0.1, 0.15) is 5.69 Å². The molecule has 1 heterocycles. The largest absolute Gasteiger partial charge is 0.250 e. The third-order valence-corrected chi connectivity index (χ3v) is 3.61. The molecule has 0 saturated carbocycles. The van der Waals surface area contributed by atoms with Gasteiger partial charge in [0, 0.05) is 5.56 Å². The molecule has 3 aromatic rings. The number of aromatic nitrogens is 2.